The Kier molecular flexibility index (Phi) is 8.22. The molecule has 0 amide bonds. The van der Waals surface area contributed by atoms with Crippen LogP contribution >= 0.6 is 0 Å². The van der Waals surface area contributed by atoms with E-state index in [0.29, 0.717) is 5.69 Å². The fourth-order valence-electron chi connectivity index (χ4n) is 3.20. The highest BCUT2D eigenvalue weighted by atomic mass is 28.4. The highest BCUT2D eigenvalue weighted by Crippen LogP contribution is 2.39. The van der Waals surface area contributed by atoms with Gasteiger partial charge in [0.05, 0.1) is 11.8 Å². The number of rotatable bonds is 11. The van der Waals surface area contributed by atoms with Crippen molar-refractivity contribution in [2.45, 2.75) is 64.3 Å². The first-order chi connectivity index (χ1) is 14.1. The third-order valence-electron chi connectivity index (χ3n) is 6.12. The Hall–Kier alpha value is -2.17. The summed E-state index contributed by atoms with van der Waals surface area (Å²) >= 11 is 0. The number of H-pyrrole nitrogens is 1. The van der Waals surface area contributed by atoms with E-state index in [2.05, 4.69) is 52.0 Å². The quantitative estimate of drug-likeness (QED) is 0.134. The Morgan fingerprint density at radius 2 is 1.93 bits per heavy atom. The van der Waals surface area contributed by atoms with E-state index >= 15 is 0 Å². The highest BCUT2D eigenvalue weighted by Gasteiger charge is 2.40. The number of aromatic amines is 1. The second-order valence-electron chi connectivity index (χ2n) is 9.44. The van der Waals surface area contributed by atoms with E-state index in [-0.39, 0.29) is 22.8 Å². The molecule has 2 aromatic rings. The third kappa shape index (κ3) is 6.16. The number of benzene rings is 1. The van der Waals surface area contributed by atoms with Crippen LogP contribution in [0.2, 0.25) is 18.1 Å². The molecule has 1 aromatic heterocycles. The zero-order valence-electron chi connectivity index (χ0n) is 19.2. The monoisotopic (exact) mass is 423 g/mol. The minimum absolute atomic E-state index is 0.00936. The second kappa shape index (κ2) is 10.2. The first-order valence-electron chi connectivity index (χ1n) is 10.8. The Morgan fingerprint density at radius 1 is 1.23 bits per heavy atom. The van der Waals surface area contributed by atoms with Gasteiger partial charge in [0.1, 0.15) is 0 Å². The number of fused-ring (bicyclic) bond motifs is 1. The highest BCUT2D eigenvalue weighted by molar-refractivity contribution is 6.74. The maximum Gasteiger partial charge on any atom is 0.201 e. The average Bonchev–Trinajstić information content (AvgIpc) is 3.11. The molecule has 0 saturated heterocycles. The lowest BCUT2D eigenvalue weighted by molar-refractivity contribution is 0.104. The molecule has 0 unspecified atom stereocenters. The Bertz CT molecular complexity index is 868. The van der Waals surface area contributed by atoms with Crippen LogP contribution in [0.25, 0.3) is 10.9 Å². The van der Waals surface area contributed by atoms with Gasteiger partial charge in [-0.15, -0.1) is 13.2 Å². The van der Waals surface area contributed by atoms with Crippen molar-refractivity contribution in [3.05, 3.63) is 73.5 Å². The summed E-state index contributed by atoms with van der Waals surface area (Å²) < 4.78 is 6.75. The van der Waals surface area contributed by atoms with Gasteiger partial charge in [0.25, 0.3) is 0 Å². The van der Waals surface area contributed by atoms with Crippen LogP contribution in [-0.2, 0) is 4.43 Å². The smallest absolute Gasteiger partial charge is 0.201 e. The molecule has 2 rings (SSSR count). The largest absolute Gasteiger partial charge is 0.413 e. The fraction of sp³-hybridized carbons (Fsp3) is 0.423. The van der Waals surface area contributed by atoms with Gasteiger partial charge in [0, 0.05) is 16.8 Å². The predicted octanol–water partition coefficient (Wildman–Crippen LogP) is 7.46. The van der Waals surface area contributed by atoms with Crippen LogP contribution in [0.4, 0.5) is 0 Å². The maximum absolute atomic E-state index is 12.8. The first-order valence-corrected chi connectivity index (χ1v) is 13.7. The molecular formula is C26H37NO2Si. The van der Waals surface area contributed by atoms with E-state index in [1.54, 1.807) is 6.08 Å². The summed E-state index contributed by atoms with van der Waals surface area (Å²) in [4.78, 5) is 16.0. The molecule has 0 radical (unpaired) electrons. The molecule has 1 heterocycles. The molecule has 0 bridgehead atoms. The molecule has 4 heteroatoms. The van der Waals surface area contributed by atoms with Crippen LogP contribution in [0.15, 0.2) is 67.8 Å². The third-order valence-corrected chi connectivity index (χ3v) is 10.6. The van der Waals surface area contributed by atoms with E-state index in [1.165, 1.54) is 0 Å². The summed E-state index contributed by atoms with van der Waals surface area (Å²) in [5.74, 6) is -0.0486. The SMILES string of the molecule is C=CCCC[C@@H](O[Si](C)(C)C(C)(C)C)[C@H](C=C)/C=C/C(=O)c1cc2ccccc2[nH]1. The summed E-state index contributed by atoms with van der Waals surface area (Å²) in [6, 6.07) is 9.81. The number of ketones is 1. The molecule has 162 valence electrons. The molecule has 0 fully saturated rings. The zero-order chi connectivity index (χ0) is 22.4. The van der Waals surface area contributed by atoms with Crippen molar-refractivity contribution in [3.63, 3.8) is 0 Å². The number of carbonyl (C=O) groups is 1. The number of hydrogen-bond donors (Lipinski definition) is 1. The van der Waals surface area contributed by atoms with E-state index in [9.17, 15) is 4.79 Å². The van der Waals surface area contributed by atoms with Crippen molar-refractivity contribution < 1.29 is 9.22 Å². The van der Waals surface area contributed by atoms with E-state index in [1.807, 2.05) is 48.6 Å². The molecular weight excluding hydrogens is 386 g/mol. The molecule has 0 spiro atoms. The molecule has 2 atom stereocenters. The fourth-order valence-corrected chi connectivity index (χ4v) is 4.58. The van der Waals surface area contributed by atoms with E-state index in [4.69, 9.17) is 4.43 Å². The van der Waals surface area contributed by atoms with Gasteiger partial charge >= 0.3 is 0 Å². The van der Waals surface area contributed by atoms with Crippen LogP contribution in [0.3, 0.4) is 0 Å². The Morgan fingerprint density at radius 3 is 2.53 bits per heavy atom. The Labute approximate surface area is 183 Å². The molecule has 1 N–H and O–H groups in total. The van der Waals surface area contributed by atoms with Crippen molar-refractivity contribution in [2.75, 3.05) is 0 Å². The number of para-hydroxylation sites is 1. The number of unbranched alkanes of at least 4 members (excludes halogenated alkanes) is 1. The maximum atomic E-state index is 12.8. The van der Waals surface area contributed by atoms with Gasteiger partial charge in [-0.05, 0) is 55.6 Å². The summed E-state index contributed by atoms with van der Waals surface area (Å²) in [5.41, 5.74) is 1.57. The number of allylic oxidation sites excluding steroid dienone is 2. The van der Waals surface area contributed by atoms with Crippen molar-refractivity contribution in [1.82, 2.24) is 4.98 Å². The predicted molar refractivity (Wildman–Crippen MR) is 132 cm³/mol. The summed E-state index contributed by atoms with van der Waals surface area (Å²) in [6.45, 7) is 19.2. The topological polar surface area (TPSA) is 42.1 Å². The van der Waals surface area contributed by atoms with Crippen LogP contribution < -0.4 is 0 Å². The summed E-state index contributed by atoms with van der Waals surface area (Å²) in [5, 5.41) is 1.16. The van der Waals surface area contributed by atoms with Gasteiger partial charge in [-0.3, -0.25) is 4.79 Å². The summed E-state index contributed by atoms with van der Waals surface area (Å²) in [7, 11) is -1.95. The van der Waals surface area contributed by atoms with Crippen molar-refractivity contribution in [1.29, 1.82) is 0 Å². The van der Waals surface area contributed by atoms with Gasteiger partial charge in [-0.2, -0.15) is 0 Å². The number of carbonyl (C=O) groups excluding carboxylic acids is 1. The van der Waals surface area contributed by atoms with Gasteiger partial charge in [-0.1, -0.05) is 57.2 Å². The molecule has 3 nitrogen and oxygen atoms in total. The second-order valence-corrected chi connectivity index (χ2v) is 14.2. The van der Waals surface area contributed by atoms with E-state index < -0.39 is 8.32 Å². The Balaban J connectivity index is 2.20. The molecule has 0 saturated carbocycles. The van der Waals surface area contributed by atoms with Gasteiger partial charge < -0.3 is 9.41 Å². The lowest BCUT2D eigenvalue weighted by Crippen LogP contribution is -2.45. The number of aromatic nitrogens is 1. The molecule has 30 heavy (non-hydrogen) atoms. The van der Waals surface area contributed by atoms with Crippen LogP contribution in [0.1, 0.15) is 50.5 Å². The van der Waals surface area contributed by atoms with E-state index in [0.717, 1.165) is 30.2 Å². The van der Waals surface area contributed by atoms with Crippen LogP contribution in [0.5, 0.6) is 0 Å². The molecule has 0 aliphatic rings. The minimum atomic E-state index is -1.95. The van der Waals surface area contributed by atoms with Gasteiger partial charge in [-0.25, -0.2) is 0 Å². The summed E-state index contributed by atoms with van der Waals surface area (Å²) in [6.07, 6.45) is 10.4. The first kappa shape index (κ1) is 24.1. The van der Waals surface area contributed by atoms with Gasteiger partial charge in [0.2, 0.25) is 5.78 Å². The normalized spacial score (nSPS) is 14.7. The van der Waals surface area contributed by atoms with Gasteiger partial charge in [0.15, 0.2) is 8.32 Å². The van der Waals surface area contributed by atoms with Crippen molar-refractivity contribution in [2.24, 2.45) is 5.92 Å². The number of hydrogen-bond acceptors (Lipinski definition) is 2. The van der Waals surface area contributed by atoms with Crippen molar-refractivity contribution in [3.8, 4) is 0 Å². The van der Waals surface area contributed by atoms with Crippen molar-refractivity contribution >= 4 is 25.0 Å². The zero-order valence-corrected chi connectivity index (χ0v) is 20.2. The minimum Gasteiger partial charge on any atom is -0.413 e. The van der Waals surface area contributed by atoms with Crippen LogP contribution in [0, 0.1) is 5.92 Å². The molecule has 0 aliphatic heterocycles. The van der Waals surface area contributed by atoms with Crippen LogP contribution in [-0.4, -0.2) is 25.2 Å². The molecule has 0 aliphatic carbocycles. The lowest BCUT2D eigenvalue weighted by atomic mass is 9.96. The molecule has 1 aromatic carbocycles. The number of nitrogens with one attached hydrogen (secondary N) is 1. The average molecular weight is 424 g/mol. The lowest BCUT2D eigenvalue weighted by Gasteiger charge is -2.40. The standard InChI is InChI=1S/C26H37NO2Si/c1-8-10-11-16-25(29-30(6,7)26(3,4)5)20(9-2)17-18-24(28)23-19-21-14-12-13-15-22(21)27-23/h8-9,12-15,17-20,25,27H,1-2,10-11,16H2,3-7H3/b18-17+/t20-,25-/m1/s1.